The van der Waals surface area contributed by atoms with Crippen LogP contribution in [0.15, 0.2) is 23.1 Å². The van der Waals surface area contributed by atoms with E-state index in [-0.39, 0.29) is 17.0 Å². The van der Waals surface area contributed by atoms with Crippen molar-refractivity contribution in [1.29, 1.82) is 0 Å². The highest BCUT2D eigenvalue weighted by molar-refractivity contribution is 7.89. The van der Waals surface area contributed by atoms with Crippen LogP contribution in [-0.4, -0.2) is 27.2 Å². The predicted octanol–water partition coefficient (Wildman–Crippen LogP) is 0.506. The average molecular weight is 271 g/mol. The topological polar surface area (TPSA) is 107 Å². The number of primary sulfonamides is 1. The minimum absolute atomic E-state index is 0.0154. The molecule has 5 N–H and O–H groups in total. The van der Waals surface area contributed by atoms with Crippen molar-refractivity contribution in [2.45, 2.75) is 30.4 Å². The summed E-state index contributed by atoms with van der Waals surface area (Å²) in [7, 11) is -3.80. The molecule has 0 saturated carbocycles. The molecule has 7 heteroatoms. The molecule has 0 aromatic heterocycles. The maximum absolute atomic E-state index is 11.5. The van der Waals surface area contributed by atoms with Gasteiger partial charge in [-0.2, -0.15) is 0 Å². The van der Waals surface area contributed by atoms with Gasteiger partial charge in [-0.25, -0.2) is 13.6 Å². The van der Waals surface area contributed by atoms with Crippen LogP contribution < -0.4 is 16.2 Å². The van der Waals surface area contributed by atoms with E-state index in [1.54, 1.807) is 12.1 Å². The monoisotopic (exact) mass is 271 g/mol. The van der Waals surface area contributed by atoms with Crippen LogP contribution in [0.2, 0.25) is 0 Å². The third-order valence-corrected chi connectivity index (χ3v) is 3.98. The number of sulfonamides is 1. The molecular formula is C11H17N3O3S. The van der Waals surface area contributed by atoms with Crippen molar-refractivity contribution in [3.8, 4) is 0 Å². The molecule has 2 rings (SSSR count). The van der Waals surface area contributed by atoms with Crippen molar-refractivity contribution in [3.05, 3.63) is 18.2 Å². The standard InChI is InChI=1S/C11H17N3O3S/c1-7-9(4-5-17-7)14-10-3-2-8(12)6-11(10)18(13,15)16/h2-3,6-7,9,14H,4-5,12H2,1H3,(H2,13,15,16). The lowest BCUT2D eigenvalue weighted by Gasteiger charge is -2.19. The first-order valence-electron chi connectivity index (χ1n) is 5.68. The number of rotatable bonds is 3. The smallest absolute Gasteiger partial charge is 0.240 e. The number of nitrogens with two attached hydrogens (primary N) is 2. The number of anilines is 2. The van der Waals surface area contributed by atoms with Gasteiger partial charge in [-0.15, -0.1) is 0 Å². The first-order valence-corrected chi connectivity index (χ1v) is 7.23. The molecule has 0 aliphatic carbocycles. The molecule has 100 valence electrons. The van der Waals surface area contributed by atoms with Gasteiger partial charge in [0.05, 0.1) is 17.8 Å². The number of hydrogen-bond acceptors (Lipinski definition) is 5. The molecule has 1 saturated heterocycles. The van der Waals surface area contributed by atoms with Crippen LogP contribution in [0.25, 0.3) is 0 Å². The zero-order valence-corrected chi connectivity index (χ0v) is 10.9. The Hall–Kier alpha value is -1.31. The highest BCUT2D eigenvalue weighted by Gasteiger charge is 2.26. The van der Waals surface area contributed by atoms with E-state index in [9.17, 15) is 8.42 Å². The summed E-state index contributed by atoms with van der Waals surface area (Å²) in [5.74, 6) is 0. The Morgan fingerprint density at radius 1 is 1.44 bits per heavy atom. The third kappa shape index (κ3) is 2.74. The molecule has 1 aliphatic rings. The van der Waals surface area contributed by atoms with Crippen LogP contribution in [0.3, 0.4) is 0 Å². The molecule has 0 amide bonds. The van der Waals surface area contributed by atoms with Crippen molar-refractivity contribution >= 4 is 21.4 Å². The molecular weight excluding hydrogens is 254 g/mol. The molecule has 2 atom stereocenters. The molecule has 1 aromatic rings. The highest BCUT2D eigenvalue weighted by atomic mass is 32.2. The summed E-state index contributed by atoms with van der Waals surface area (Å²) in [6, 6.07) is 4.70. The number of ether oxygens (including phenoxy) is 1. The lowest BCUT2D eigenvalue weighted by molar-refractivity contribution is 0.121. The number of nitrogens with one attached hydrogen (secondary N) is 1. The maximum atomic E-state index is 11.5. The van der Waals surface area contributed by atoms with E-state index in [2.05, 4.69) is 5.32 Å². The molecule has 18 heavy (non-hydrogen) atoms. The summed E-state index contributed by atoms with van der Waals surface area (Å²) in [6.07, 6.45) is 0.867. The second kappa shape index (κ2) is 4.75. The predicted molar refractivity (Wildman–Crippen MR) is 69.7 cm³/mol. The van der Waals surface area contributed by atoms with Gasteiger partial charge in [0.1, 0.15) is 4.90 Å². The fourth-order valence-electron chi connectivity index (χ4n) is 2.01. The van der Waals surface area contributed by atoms with E-state index in [0.717, 1.165) is 6.42 Å². The zero-order chi connectivity index (χ0) is 13.3. The van der Waals surface area contributed by atoms with Gasteiger partial charge in [0.25, 0.3) is 0 Å². The summed E-state index contributed by atoms with van der Waals surface area (Å²) < 4.78 is 28.4. The molecule has 2 unspecified atom stereocenters. The fraction of sp³-hybridized carbons (Fsp3) is 0.455. The van der Waals surface area contributed by atoms with Gasteiger partial charge in [0.2, 0.25) is 10.0 Å². The van der Waals surface area contributed by atoms with E-state index in [1.165, 1.54) is 6.07 Å². The highest BCUT2D eigenvalue weighted by Crippen LogP contribution is 2.26. The van der Waals surface area contributed by atoms with Gasteiger partial charge in [-0.05, 0) is 31.5 Å². The van der Waals surface area contributed by atoms with Gasteiger partial charge in [0.15, 0.2) is 0 Å². The molecule has 0 radical (unpaired) electrons. The van der Waals surface area contributed by atoms with Gasteiger partial charge >= 0.3 is 0 Å². The molecule has 0 spiro atoms. The number of hydrogen-bond donors (Lipinski definition) is 3. The van der Waals surface area contributed by atoms with Crippen molar-refractivity contribution in [2.24, 2.45) is 5.14 Å². The molecule has 1 heterocycles. The van der Waals surface area contributed by atoms with Crippen LogP contribution in [0.4, 0.5) is 11.4 Å². The molecule has 6 nitrogen and oxygen atoms in total. The van der Waals surface area contributed by atoms with Crippen LogP contribution in [0, 0.1) is 0 Å². The number of benzene rings is 1. The lowest BCUT2D eigenvalue weighted by Crippen LogP contribution is -2.28. The Morgan fingerprint density at radius 2 is 2.17 bits per heavy atom. The second-order valence-corrected chi connectivity index (χ2v) is 5.95. The van der Waals surface area contributed by atoms with Gasteiger partial charge < -0.3 is 15.8 Å². The molecule has 0 bridgehead atoms. The quantitative estimate of drug-likeness (QED) is 0.694. The molecule has 1 fully saturated rings. The zero-order valence-electron chi connectivity index (χ0n) is 10.1. The third-order valence-electron chi connectivity index (χ3n) is 3.03. The van der Waals surface area contributed by atoms with Gasteiger partial charge in [-0.1, -0.05) is 0 Å². The van der Waals surface area contributed by atoms with Crippen LogP contribution in [-0.2, 0) is 14.8 Å². The van der Waals surface area contributed by atoms with Gasteiger partial charge in [-0.3, -0.25) is 0 Å². The average Bonchev–Trinajstić information content (AvgIpc) is 2.66. The van der Waals surface area contributed by atoms with Crippen molar-refractivity contribution in [1.82, 2.24) is 0 Å². The van der Waals surface area contributed by atoms with Crippen LogP contribution >= 0.6 is 0 Å². The Labute approximate surface area is 106 Å². The van der Waals surface area contributed by atoms with E-state index >= 15 is 0 Å². The van der Waals surface area contributed by atoms with Crippen LogP contribution in [0.1, 0.15) is 13.3 Å². The summed E-state index contributed by atoms with van der Waals surface area (Å²) >= 11 is 0. The van der Waals surface area contributed by atoms with Crippen LogP contribution in [0.5, 0.6) is 0 Å². The van der Waals surface area contributed by atoms with E-state index in [1.807, 2.05) is 6.92 Å². The summed E-state index contributed by atoms with van der Waals surface area (Å²) in [5, 5.41) is 8.33. The Morgan fingerprint density at radius 3 is 2.72 bits per heavy atom. The largest absolute Gasteiger partial charge is 0.399 e. The summed E-state index contributed by atoms with van der Waals surface area (Å²) in [6.45, 7) is 2.61. The maximum Gasteiger partial charge on any atom is 0.240 e. The Kier molecular flexibility index (Phi) is 3.47. The first-order chi connectivity index (χ1) is 8.38. The van der Waals surface area contributed by atoms with Crippen molar-refractivity contribution in [3.63, 3.8) is 0 Å². The first kappa shape index (κ1) is 13.1. The fourth-order valence-corrected chi connectivity index (χ4v) is 2.75. The summed E-state index contributed by atoms with van der Waals surface area (Å²) in [4.78, 5) is 0.0154. The minimum Gasteiger partial charge on any atom is -0.399 e. The normalized spacial score (nSPS) is 24.1. The molecule has 1 aromatic carbocycles. The summed E-state index contributed by atoms with van der Waals surface area (Å²) in [5.41, 5.74) is 6.42. The van der Waals surface area contributed by atoms with Crippen molar-refractivity contribution < 1.29 is 13.2 Å². The Balaban J connectivity index is 2.33. The Bertz CT molecular complexity index is 544. The van der Waals surface area contributed by atoms with E-state index in [0.29, 0.717) is 18.0 Å². The van der Waals surface area contributed by atoms with Gasteiger partial charge in [0, 0.05) is 12.3 Å². The van der Waals surface area contributed by atoms with E-state index in [4.69, 9.17) is 15.6 Å². The second-order valence-electron chi connectivity index (χ2n) is 4.42. The van der Waals surface area contributed by atoms with E-state index < -0.39 is 10.0 Å². The lowest BCUT2D eigenvalue weighted by atomic mass is 10.1. The SMILES string of the molecule is CC1OCCC1Nc1ccc(N)cc1S(N)(=O)=O. The molecule has 1 aliphatic heterocycles. The number of nitrogen functional groups attached to an aromatic ring is 1. The minimum atomic E-state index is -3.80. The van der Waals surface area contributed by atoms with Crippen molar-refractivity contribution in [2.75, 3.05) is 17.7 Å².